The third-order valence-electron chi connectivity index (χ3n) is 3.44. The third-order valence-corrected chi connectivity index (χ3v) is 4.70. The van der Waals surface area contributed by atoms with Crippen LogP contribution in [-0.4, -0.2) is 26.9 Å². The first-order valence-corrected chi connectivity index (χ1v) is 8.08. The lowest BCUT2D eigenvalue weighted by Gasteiger charge is -2.04. The van der Waals surface area contributed by atoms with E-state index in [1.807, 2.05) is 48.5 Å². The lowest BCUT2D eigenvalue weighted by molar-refractivity contribution is 0.416. The highest BCUT2D eigenvalue weighted by Crippen LogP contribution is 2.34. The van der Waals surface area contributed by atoms with Crippen LogP contribution in [0.3, 0.4) is 0 Å². The standard InChI is InChI=1S/C16H11ClN4OS/c1-22-13-9-5-3-7-11(13)14-18-19-16-21(14)20-15(23-16)10-6-2-4-8-12(10)17/h2-9H,1H3. The SMILES string of the molecule is COc1ccccc1-c1nnc2sc(-c3ccccc3Cl)nn12. The summed E-state index contributed by atoms with van der Waals surface area (Å²) in [5.41, 5.74) is 1.73. The number of hydrogen-bond donors (Lipinski definition) is 0. The Morgan fingerprint density at radius 3 is 2.52 bits per heavy atom. The first-order valence-electron chi connectivity index (χ1n) is 6.88. The van der Waals surface area contributed by atoms with Crippen LogP contribution in [0.2, 0.25) is 5.02 Å². The largest absolute Gasteiger partial charge is 0.496 e. The number of fused-ring (bicyclic) bond motifs is 1. The van der Waals surface area contributed by atoms with Crippen molar-refractivity contribution in [2.75, 3.05) is 7.11 Å². The summed E-state index contributed by atoms with van der Waals surface area (Å²) in [7, 11) is 1.63. The molecule has 0 bridgehead atoms. The third kappa shape index (κ3) is 2.36. The Morgan fingerprint density at radius 2 is 1.74 bits per heavy atom. The zero-order valence-corrected chi connectivity index (χ0v) is 13.7. The van der Waals surface area contributed by atoms with Gasteiger partial charge in [0.2, 0.25) is 4.96 Å². The van der Waals surface area contributed by atoms with Crippen molar-refractivity contribution < 1.29 is 4.74 Å². The average Bonchev–Trinajstić information content (AvgIpc) is 3.15. The van der Waals surface area contributed by atoms with E-state index >= 15 is 0 Å². The molecule has 0 aliphatic carbocycles. The topological polar surface area (TPSA) is 52.3 Å². The summed E-state index contributed by atoms with van der Waals surface area (Å²) < 4.78 is 7.13. The summed E-state index contributed by atoms with van der Waals surface area (Å²) in [5.74, 6) is 1.38. The van der Waals surface area contributed by atoms with Gasteiger partial charge in [0, 0.05) is 5.56 Å². The van der Waals surface area contributed by atoms with Crippen LogP contribution in [0.15, 0.2) is 48.5 Å². The van der Waals surface area contributed by atoms with Gasteiger partial charge < -0.3 is 4.74 Å². The molecule has 0 amide bonds. The zero-order chi connectivity index (χ0) is 15.8. The van der Waals surface area contributed by atoms with E-state index in [1.54, 1.807) is 11.6 Å². The molecule has 0 radical (unpaired) electrons. The van der Waals surface area contributed by atoms with Crippen molar-refractivity contribution in [1.82, 2.24) is 19.8 Å². The number of halogens is 1. The van der Waals surface area contributed by atoms with Crippen molar-refractivity contribution in [2.24, 2.45) is 0 Å². The molecule has 5 nitrogen and oxygen atoms in total. The van der Waals surface area contributed by atoms with Crippen LogP contribution in [0, 0.1) is 0 Å². The van der Waals surface area contributed by atoms with Gasteiger partial charge in [0.25, 0.3) is 0 Å². The predicted molar refractivity (Wildman–Crippen MR) is 91.1 cm³/mol. The fourth-order valence-electron chi connectivity index (χ4n) is 2.36. The second-order valence-corrected chi connectivity index (χ2v) is 6.17. The Kier molecular flexibility index (Phi) is 3.48. The predicted octanol–water partition coefficient (Wildman–Crippen LogP) is 4.18. The van der Waals surface area contributed by atoms with Crippen LogP contribution < -0.4 is 4.74 Å². The molecule has 4 aromatic rings. The number of rotatable bonds is 3. The van der Waals surface area contributed by atoms with Gasteiger partial charge in [-0.1, -0.05) is 53.3 Å². The van der Waals surface area contributed by atoms with E-state index in [9.17, 15) is 0 Å². The summed E-state index contributed by atoms with van der Waals surface area (Å²) >= 11 is 7.71. The Balaban J connectivity index is 1.89. The van der Waals surface area contributed by atoms with Crippen molar-refractivity contribution in [1.29, 1.82) is 0 Å². The number of methoxy groups -OCH3 is 1. The molecule has 0 atom stereocenters. The van der Waals surface area contributed by atoms with E-state index in [0.29, 0.717) is 15.8 Å². The molecule has 0 saturated carbocycles. The van der Waals surface area contributed by atoms with Crippen LogP contribution in [0.4, 0.5) is 0 Å². The Hall–Kier alpha value is -2.44. The Labute approximate surface area is 141 Å². The molecule has 7 heteroatoms. The summed E-state index contributed by atoms with van der Waals surface area (Å²) in [6, 6.07) is 15.3. The highest BCUT2D eigenvalue weighted by atomic mass is 35.5. The van der Waals surface area contributed by atoms with Crippen molar-refractivity contribution >= 4 is 27.9 Å². The van der Waals surface area contributed by atoms with Gasteiger partial charge in [-0.2, -0.15) is 9.61 Å². The monoisotopic (exact) mass is 342 g/mol. The van der Waals surface area contributed by atoms with Gasteiger partial charge >= 0.3 is 0 Å². The van der Waals surface area contributed by atoms with Crippen LogP contribution in [0.25, 0.3) is 26.9 Å². The molecule has 0 spiro atoms. The lowest BCUT2D eigenvalue weighted by Crippen LogP contribution is -1.94. The maximum absolute atomic E-state index is 6.26. The van der Waals surface area contributed by atoms with E-state index in [4.69, 9.17) is 16.3 Å². The molecule has 4 rings (SSSR count). The van der Waals surface area contributed by atoms with E-state index in [0.717, 1.165) is 21.9 Å². The smallest absolute Gasteiger partial charge is 0.235 e. The first-order chi connectivity index (χ1) is 11.3. The molecule has 0 unspecified atom stereocenters. The molecule has 2 heterocycles. The molecule has 23 heavy (non-hydrogen) atoms. The molecule has 114 valence electrons. The molecule has 0 saturated heterocycles. The molecular weight excluding hydrogens is 332 g/mol. The number of aromatic nitrogens is 4. The van der Waals surface area contributed by atoms with Crippen molar-refractivity contribution in [2.45, 2.75) is 0 Å². The molecule has 2 aromatic carbocycles. The zero-order valence-electron chi connectivity index (χ0n) is 12.1. The second-order valence-electron chi connectivity index (χ2n) is 4.81. The van der Waals surface area contributed by atoms with E-state index in [1.165, 1.54) is 11.3 Å². The van der Waals surface area contributed by atoms with Gasteiger partial charge in [-0.3, -0.25) is 0 Å². The highest BCUT2D eigenvalue weighted by Gasteiger charge is 2.17. The summed E-state index contributed by atoms with van der Waals surface area (Å²) in [4.78, 5) is 0.709. The minimum atomic E-state index is 0.645. The number of ether oxygens (including phenoxy) is 1. The first kappa shape index (κ1) is 14.2. The molecule has 0 aliphatic rings. The van der Waals surface area contributed by atoms with Gasteiger partial charge in [0.1, 0.15) is 10.8 Å². The van der Waals surface area contributed by atoms with E-state index < -0.39 is 0 Å². The van der Waals surface area contributed by atoms with E-state index in [2.05, 4.69) is 15.3 Å². The Bertz CT molecular complexity index is 995. The van der Waals surface area contributed by atoms with Crippen LogP contribution in [0.5, 0.6) is 5.75 Å². The van der Waals surface area contributed by atoms with Gasteiger partial charge in [-0.25, -0.2) is 0 Å². The number of para-hydroxylation sites is 1. The maximum Gasteiger partial charge on any atom is 0.235 e. The molecule has 2 aromatic heterocycles. The van der Waals surface area contributed by atoms with Crippen LogP contribution >= 0.6 is 22.9 Å². The van der Waals surface area contributed by atoms with Crippen molar-refractivity contribution in [3.63, 3.8) is 0 Å². The van der Waals surface area contributed by atoms with Crippen LogP contribution in [-0.2, 0) is 0 Å². The molecule has 0 aliphatic heterocycles. The normalized spacial score (nSPS) is 11.0. The fourth-order valence-corrected chi connectivity index (χ4v) is 3.52. The van der Waals surface area contributed by atoms with Gasteiger partial charge in [-0.05, 0) is 18.2 Å². The highest BCUT2D eigenvalue weighted by molar-refractivity contribution is 7.19. The lowest BCUT2D eigenvalue weighted by atomic mass is 10.2. The average molecular weight is 343 g/mol. The Morgan fingerprint density at radius 1 is 1.00 bits per heavy atom. The molecule has 0 N–H and O–H groups in total. The van der Waals surface area contributed by atoms with Crippen molar-refractivity contribution in [3.05, 3.63) is 53.6 Å². The van der Waals surface area contributed by atoms with Crippen molar-refractivity contribution in [3.8, 4) is 27.7 Å². The maximum atomic E-state index is 6.26. The number of nitrogens with zero attached hydrogens (tertiary/aromatic N) is 4. The van der Waals surface area contributed by atoms with E-state index in [-0.39, 0.29) is 0 Å². The van der Waals surface area contributed by atoms with Gasteiger partial charge in [0.05, 0.1) is 17.7 Å². The molecular formula is C16H11ClN4OS. The fraction of sp³-hybridized carbons (Fsp3) is 0.0625. The quantitative estimate of drug-likeness (QED) is 0.560. The number of benzene rings is 2. The number of hydrogen-bond acceptors (Lipinski definition) is 5. The molecule has 0 fully saturated rings. The van der Waals surface area contributed by atoms with Crippen LogP contribution in [0.1, 0.15) is 0 Å². The minimum absolute atomic E-state index is 0.645. The van der Waals surface area contributed by atoms with Gasteiger partial charge in [0.15, 0.2) is 5.82 Å². The van der Waals surface area contributed by atoms with Gasteiger partial charge in [-0.15, -0.1) is 10.2 Å². The summed E-state index contributed by atoms with van der Waals surface area (Å²) in [6.07, 6.45) is 0. The summed E-state index contributed by atoms with van der Waals surface area (Å²) in [5, 5.41) is 14.5. The summed E-state index contributed by atoms with van der Waals surface area (Å²) in [6.45, 7) is 0. The second kappa shape index (κ2) is 5.64. The minimum Gasteiger partial charge on any atom is -0.496 e.